The molecule has 2 heterocycles. The molecule has 2 aliphatic rings. The Bertz CT molecular complexity index is 1320. The van der Waals surface area contributed by atoms with Crippen molar-refractivity contribution in [1.82, 2.24) is 14.8 Å². The number of hydrogen-bond acceptors (Lipinski definition) is 8. The van der Waals surface area contributed by atoms with Crippen molar-refractivity contribution in [3.8, 4) is 34.4 Å². The number of ketones is 1. The molecule has 35 heavy (non-hydrogen) atoms. The summed E-state index contributed by atoms with van der Waals surface area (Å²) in [5.74, 6) is 2.71. The Labute approximate surface area is 203 Å². The van der Waals surface area contributed by atoms with Gasteiger partial charge in [0.25, 0.3) is 0 Å². The van der Waals surface area contributed by atoms with Crippen LogP contribution in [0.25, 0.3) is 11.4 Å². The molecule has 2 aromatic carbocycles. The molecule has 0 saturated carbocycles. The van der Waals surface area contributed by atoms with E-state index >= 15 is 0 Å². The Morgan fingerprint density at radius 1 is 1.03 bits per heavy atom. The number of benzene rings is 2. The second-order valence-corrected chi connectivity index (χ2v) is 9.57. The predicted molar refractivity (Wildman–Crippen MR) is 130 cm³/mol. The Hall–Kier alpha value is -4.01. The highest BCUT2D eigenvalue weighted by Crippen LogP contribution is 2.48. The van der Waals surface area contributed by atoms with Crippen molar-refractivity contribution in [2.45, 2.75) is 32.7 Å². The average Bonchev–Trinajstić information content (AvgIpc) is 3.25. The largest absolute Gasteiger partial charge is 0.508 e. The van der Waals surface area contributed by atoms with Crippen molar-refractivity contribution in [2.75, 3.05) is 26.6 Å². The number of nitrogens with zero attached hydrogens (tertiary/aromatic N) is 3. The summed E-state index contributed by atoms with van der Waals surface area (Å²) in [5, 5.41) is 17.8. The second kappa shape index (κ2) is 8.33. The molecule has 5 rings (SSSR count). The molecule has 0 amide bonds. The van der Waals surface area contributed by atoms with E-state index in [2.05, 4.69) is 19.2 Å². The van der Waals surface area contributed by atoms with Crippen molar-refractivity contribution in [2.24, 2.45) is 5.41 Å². The first kappa shape index (κ1) is 22.8. The Morgan fingerprint density at radius 2 is 1.69 bits per heavy atom. The molecule has 0 radical (unpaired) electrons. The van der Waals surface area contributed by atoms with Gasteiger partial charge >= 0.3 is 0 Å². The third-order valence-corrected chi connectivity index (χ3v) is 6.46. The summed E-state index contributed by atoms with van der Waals surface area (Å²) in [4.78, 5) is 18.2. The molecule has 0 saturated heterocycles. The standard InChI is InChI=1S/C26H28N4O5/c1-26(2)12-17-21(18(32)13-26)22(15-10-19(33-3)23(35-5)20(11-15)34-4)30-25(27-17)28-24(29-30)14-6-8-16(31)9-7-14/h6-11,22,31H,12-13H2,1-5H3,(H,27,28,29). The summed E-state index contributed by atoms with van der Waals surface area (Å²) in [6, 6.07) is 9.86. The minimum atomic E-state index is -0.531. The maximum atomic E-state index is 13.5. The zero-order valence-electron chi connectivity index (χ0n) is 20.4. The van der Waals surface area contributed by atoms with Crippen molar-refractivity contribution < 1.29 is 24.1 Å². The van der Waals surface area contributed by atoms with Gasteiger partial charge < -0.3 is 24.6 Å². The van der Waals surface area contributed by atoms with Gasteiger partial charge in [0.1, 0.15) is 11.8 Å². The zero-order valence-corrected chi connectivity index (χ0v) is 20.4. The molecule has 182 valence electrons. The summed E-state index contributed by atoms with van der Waals surface area (Å²) >= 11 is 0. The lowest BCUT2D eigenvalue weighted by Crippen LogP contribution is -2.36. The Balaban J connectivity index is 1.72. The van der Waals surface area contributed by atoms with E-state index in [1.807, 2.05) is 12.1 Å². The van der Waals surface area contributed by atoms with Gasteiger partial charge in [0.2, 0.25) is 11.7 Å². The number of fused-ring (bicyclic) bond motifs is 1. The summed E-state index contributed by atoms with van der Waals surface area (Å²) in [6.07, 6.45) is 1.14. The first-order valence-corrected chi connectivity index (χ1v) is 11.3. The van der Waals surface area contributed by atoms with Gasteiger partial charge in [-0.05, 0) is 53.8 Å². The lowest BCUT2D eigenvalue weighted by atomic mass is 9.73. The topological polar surface area (TPSA) is 108 Å². The van der Waals surface area contributed by atoms with Crippen molar-refractivity contribution in [3.05, 3.63) is 53.2 Å². The molecule has 1 aliphatic carbocycles. The minimum Gasteiger partial charge on any atom is -0.508 e. The molecule has 9 heteroatoms. The van der Waals surface area contributed by atoms with E-state index in [-0.39, 0.29) is 16.9 Å². The van der Waals surface area contributed by atoms with E-state index in [9.17, 15) is 9.90 Å². The van der Waals surface area contributed by atoms with Crippen LogP contribution >= 0.6 is 0 Å². The van der Waals surface area contributed by atoms with Gasteiger partial charge in [-0.15, -0.1) is 5.10 Å². The number of nitrogens with one attached hydrogen (secondary N) is 1. The number of phenols is 1. The number of phenolic OH excluding ortho intramolecular Hbond substituents is 1. The molecule has 9 nitrogen and oxygen atoms in total. The van der Waals surface area contributed by atoms with Crippen LogP contribution in [0.2, 0.25) is 0 Å². The van der Waals surface area contributed by atoms with E-state index in [1.165, 1.54) is 0 Å². The van der Waals surface area contributed by atoms with Gasteiger partial charge in [0.15, 0.2) is 23.1 Å². The molecule has 3 aromatic rings. The highest BCUT2D eigenvalue weighted by atomic mass is 16.5. The first-order valence-electron chi connectivity index (χ1n) is 11.3. The highest BCUT2D eigenvalue weighted by Gasteiger charge is 2.42. The monoisotopic (exact) mass is 476 g/mol. The fraction of sp³-hybridized carbons (Fsp3) is 0.346. The zero-order chi connectivity index (χ0) is 24.9. The van der Waals surface area contributed by atoms with Gasteiger partial charge in [0, 0.05) is 23.3 Å². The lowest BCUT2D eigenvalue weighted by Gasteiger charge is -2.38. The molecule has 0 spiro atoms. The number of aromatic nitrogens is 3. The van der Waals surface area contributed by atoms with Crippen LogP contribution in [0, 0.1) is 5.41 Å². The van der Waals surface area contributed by atoms with Crippen LogP contribution in [0.1, 0.15) is 38.3 Å². The van der Waals surface area contributed by atoms with E-state index in [4.69, 9.17) is 24.3 Å². The van der Waals surface area contributed by atoms with Gasteiger partial charge in [0.05, 0.1) is 21.3 Å². The van der Waals surface area contributed by atoms with Crippen LogP contribution < -0.4 is 19.5 Å². The average molecular weight is 477 g/mol. The lowest BCUT2D eigenvalue weighted by molar-refractivity contribution is -0.118. The van der Waals surface area contributed by atoms with Gasteiger partial charge in [-0.25, -0.2) is 4.68 Å². The SMILES string of the molecule is COc1cc(C2C3=C(CC(C)(C)CC3=O)Nc3nc(-c4ccc(O)cc4)nn32)cc(OC)c1OC. The molecule has 0 bridgehead atoms. The number of methoxy groups -OCH3 is 3. The maximum absolute atomic E-state index is 13.5. The number of aromatic hydroxyl groups is 1. The molecule has 1 aliphatic heterocycles. The number of Topliss-reactive ketones (excluding diaryl/α,β-unsaturated/α-hetero) is 1. The molecular weight excluding hydrogens is 448 g/mol. The predicted octanol–water partition coefficient (Wildman–Crippen LogP) is 4.33. The van der Waals surface area contributed by atoms with Crippen molar-refractivity contribution in [1.29, 1.82) is 0 Å². The molecular formula is C26H28N4O5. The summed E-state index contributed by atoms with van der Waals surface area (Å²) in [6.45, 7) is 4.18. The number of rotatable bonds is 5. The number of anilines is 1. The molecule has 1 atom stereocenters. The normalized spacial score (nSPS) is 18.4. The van der Waals surface area contributed by atoms with E-state index in [1.54, 1.807) is 50.3 Å². The van der Waals surface area contributed by atoms with Crippen LogP contribution in [0.15, 0.2) is 47.7 Å². The maximum Gasteiger partial charge on any atom is 0.226 e. The minimum absolute atomic E-state index is 0.0647. The summed E-state index contributed by atoms with van der Waals surface area (Å²) < 4.78 is 18.4. The fourth-order valence-electron chi connectivity index (χ4n) is 4.91. The van der Waals surface area contributed by atoms with Crippen LogP contribution in [-0.4, -0.2) is 47.0 Å². The molecule has 1 unspecified atom stereocenters. The van der Waals surface area contributed by atoms with Crippen LogP contribution in [0.4, 0.5) is 5.95 Å². The number of carbonyl (C=O) groups is 1. The molecule has 0 fully saturated rings. The van der Waals surface area contributed by atoms with Gasteiger partial charge in [-0.1, -0.05) is 13.8 Å². The third kappa shape index (κ3) is 3.86. The van der Waals surface area contributed by atoms with Crippen molar-refractivity contribution >= 4 is 11.7 Å². The van der Waals surface area contributed by atoms with E-state index in [0.29, 0.717) is 47.4 Å². The van der Waals surface area contributed by atoms with Gasteiger partial charge in [-0.3, -0.25) is 4.79 Å². The number of ether oxygens (including phenoxy) is 3. The van der Waals surface area contributed by atoms with Crippen LogP contribution in [-0.2, 0) is 4.79 Å². The summed E-state index contributed by atoms with van der Waals surface area (Å²) in [5.41, 5.74) is 2.85. The fourth-order valence-corrected chi connectivity index (χ4v) is 4.91. The molecule has 2 N–H and O–H groups in total. The second-order valence-electron chi connectivity index (χ2n) is 9.57. The Kier molecular flexibility index (Phi) is 5.42. The van der Waals surface area contributed by atoms with E-state index < -0.39 is 6.04 Å². The third-order valence-electron chi connectivity index (χ3n) is 6.46. The van der Waals surface area contributed by atoms with Crippen LogP contribution in [0.5, 0.6) is 23.0 Å². The Morgan fingerprint density at radius 3 is 2.29 bits per heavy atom. The smallest absolute Gasteiger partial charge is 0.226 e. The molecule has 1 aromatic heterocycles. The number of allylic oxidation sites excluding steroid dienone is 2. The summed E-state index contributed by atoms with van der Waals surface area (Å²) in [7, 11) is 4.68. The van der Waals surface area contributed by atoms with Crippen LogP contribution in [0.3, 0.4) is 0 Å². The highest BCUT2D eigenvalue weighted by molar-refractivity contribution is 6.00. The van der Waals surface area contributed by atoms with E-state index in [0.717, 1.165) is 16.8 Å². The quantitative estimate of drug-likeness (QED) is 0.560. The number of hydrogen-bond donors (Lipinski definition) is 2. The van der Waals surface area contributed by atoms with Crippen molar-refractivity contribution in [3.63, 3.8) is 0 Å². The first-order chi connectivity index (χ1) is 16.7. The number of carbonyl (C=O) groups excluding carboxylic acids is 1. The van der Waals surface area contributed by atoms with Gasteiger partial charge in [-0.2, -0.15) is 4.98 Å².